The van der Waals surface area contributed by atoms with Crippen molar-refractivity contribution in [1.82, 2.24) is 4.98 Å². The Hall–Kier alpha value is -2.63. The van der Waals surface area contributed by atoms with Crippen molar-refractivity contribution in [3.63, 3.8) is 0 Å². The summed E-state index contributed by atoms with van der Waals surface area (Å²) in [5.74, 6) is -0.297. The highest BCUT2D eigenvalue weighted by atomic mass is 19.1. The van der Waals surface area contributed by atoms with Crippen LogP contribution in [0, 0.1) is 5.82 Å². The molecule has 0 aliphatic rings. The fraction of sp³-hybridized carbons (Fsp3) is 0.200. The summed E-state index contributed by atoms with van der Waals surface area (Å²) in [6, 6.07) is 7.51. The van der Waals surface area contributed by atoms with E-state index < -0.39 is 5.97 Å². The molecule has 2 rings (SSSR count). The van der Waals surface area contributed by atoms with Crippen LogP contribution in [0.2, 0.25) is 0 Å². The highest BCUT2D eigenvalue weighted by molar-refractivity contribution is 5.95. The number of pyridine rings is 1. The minimum absolute atomic E-state index is 0.254. The molecule has 1 aromatic heterocycles. The lowest BCUT2D eigenvalue weighted by molar-refractivity contribution is 0.0527. The van der Waals surface area contributed by atoms with E-state index in [2.05, 4.69) is 4.98 Å². The molecule has 0 aliphatic heterocycles. The van der Waals surface area contributed by atoms with Gasteiger partial charge in [-0.15, -0.1) is 0 Å². The van der Waals surface area contributed by atoms with E-state index in [4.69, 9.17) is 10.5 Å². The number of rotatable bonds is 4. The number of aromatic nitrogens is 1. The number of benzene rings is 1. The number of hydrogen-bond donors (Lipinski definition) is 1. The Morgan fingerprint density at radius 2 is 2.05 bits per heavy atom. The molecule has 0 saturated heterocycles. The average molecular weight is 289 g/mol. The van der Waals surface area contributed by atoms with Crippen LogP contribution in [0.25, 0.3) is 0 Å². The number of carbonyl (C=O) groups excluding carboxylic acids is 1. The highest BCUT2D eigenvalue weighted by Gasteiger charge is 2.15. The number of halogens is 1. The van der Waals surface area contributed by atoms with E-state index in [0.717, 1.165) is 5.69 Å². The summed E-state index contributed by atoms with van der Waals surface area (Å²) in [6.45, 7) is 1.99. The zero-order chi connectivity index (χ0) is 15.4. The third-order valence-electron chi connectivity index (χ3n) is 2.97. The van der Waals surface area contributed by atoms with Gasteiger partial charge < -0.3 is 15.4 Å². The third-order valence-corrected chi connectivity index (χ3v) is 2.97. The number of nitrogen functional groups attached to an aromatic ring is 1. The lowest BCUT2D eigenvalue weighted by Crippen LogP contribution is -2.14. The zero-order valence-corrected chi connectivity index (χ0v) is 11.8. The van der Waals surface area contributed by atoms with Gasteiger partial charge >= 0.3 is 5.97 Å². The van der Waals surface area contributed by atoms with E-state index in [1.807, 2.05) is 0 Å². The predicted molar refractivity (Wildman–Crippen MR) is 79.1 cm³/mol. The fourth-order valence-corrected chi connectivity index (χ4v) is 1.82. The van der Waals surface area contributed by atoms with Crippen LogP contribution in [0.15, 0.2) is 36.5 Å². The van der Waals surface area contributed by atoms with Gasteiger partial charge in [-0.2, -0.15) is 0 Å². The molecule has 0 bridgehead atoms. The standard InChI is InChI=1S/C15H16FN3O2/c1-3-21-15(20)12-8-14(18-9-13(12)17)19(2)11-6-4-10(16)5-7-11/h4-9H,3,17H2,1-2H3. The number of hydrogen-bond acceptors (Lipinski definition) is 5. The van der Waals surface area contributed by atoms with Crippen LogP contribution < -0.4 is 10.6 Å². The van der Waals surface area contributed by atoms with E-state index >= 15 is 0 Å². The molecule has 0 saturated carbocycles. The van der Waals surface area contributed by atoms with Crippen molar-refractivity contribution in [3.8, 4) is 0 Å². The van der Waals surface area contributed by atoms with E-state index in [9.17, 15) is 9.18 Å². The zero-order valence-electron chi connectivity index (χ0n) is 11.8. The molecule has 0 atom stereocenters. The molecule has 21 heavy (non-hydrogen) atoms. The first-order valence-electron chi connectivity index (χ1n) is 6.45. The molecule has 2 N–H and O–H groups in total. The van der Waals surface area contributed by atoms with Crippen LogP contribution in [0.1, 0.15) is 17.3 Å². The second-order valence-electron chi connectivity index (χ2n) is 4.39. The number of ether oxygens (including phenoxy) is 1. The molecular formula is C15H16FN3O2. The fourth-order valence-electron chi connectivity index (χ4n) is 1.82. The first-order chi connectivity index (χ1) is 10.0. The Labute approximate surface area is 122 Å². The highest BCUT2D eigenvalue weighted by Crippen LogP contribution is 2.24. The summed E-state index contributed by atoms with van der Waals surface area (Å²) in [5, 5.41) is 0. The molecule has 0 spiro atoms. The van der Waals surface area contributed by atoms with Gasteiger partial charge in [0.2, 0.25) is 0 Å². The molecule has 0 radical (unpaired) electrons. The predicted octanol–water partition coefficient (Wildman–Crippen LogP) is 2.75. The third kappa shape index (κ3) is 3.28. The molecule has 0 fully saturated rings. The maximum absolute atomic E-state index is 12.9. The normalized spacial score (nSPS) is 10.2. The summed E-state index contributed by atoms with van der Waals surface area (Å²) < 4.78 is 17.9. The molecule has 0 unspecified atom stereocenters. The van der Waals surface area contributed by atoms with Crippen molar-refractivity contribution in [2.24, 2.45) is 0 Å². The van der Waals surface area contributed by atoms with Crippen molar-refractivity contribution < 1.29 is 13.9 Å². The van der Waals surface area contributed by atoms with Crippen LogP contribution in [0.3, 0.4) is 0 Å². The summed E-state index contributed by atoms with van der Waals surface area (Å²) >= 11 is 0. The van der Waals surface area contributed by atoms with Gasteiger partial charge in [-0.1, -0.05) is 0 Å². The van der Waals surface area contributed by atoms with Gasteiger partial charge in [0.1, 0.15) is 11.6 Å². The summed E-state index contributed by atoms with van der Waals surface area (Å²) in [7, 11) is 1.76. The first kappa shape index (κ1) is 14.8. The number of carbonyl (C=O) groups is 1. The number of anilines is 3. The Kier molecular flexibility index (Phi) is 4.37. The Bertz CT molecular complexity index is 644. The SMILES string of the molecule is CCOC(=O)c1cc(N(C)c2ccc(F)cc2)ncc1N. The van der Waals surface area contributed by atoms with Gasteiger partial charge in [-0.3, -0.25) is 0 Å². The number of esters is 1. The number of nitrogens with two attached hydrogens (primary N) is 1. The average Bonchev–Trinajstić information content (AvgIpc) is 2.48. The molecule has 0 amide bonds. The Morgan fingerprint density at radius 3 is 2.67 bits per heavy atom. The molecule has 1 aromatic carbocycles. The van der Waals surface area contributed by atoms with Crippen LogP contribution in [-0.2, 0) is 4.74 Å². The van der Waals surface area contributed by atoms with Crippen molar-refractivity contribution >= 4 is 23.2 Å². The van der Waals surface area contributed by atoms with E-state index in [1.165, 1.54) is 18.3 Å². The van der Waals surface area contributed by atoms with Crippen molar-refractivity contribution in [3.05, 3.63) is 47.9 Å². The quantitative estimate of drug-likeness (QED) is 0.876. The van der Waals surface area contributed by atoms with Crippen LogP contribution in [0.4, 0.5) is 21.6 Å². The minimum Gasteiger partial charge on any atom is -0.462 e. The first-order valence-corrected chi connectivity index (χ1v) is 6.45. The summed E-state index contributed by atoms with van der Waals surface area (Å²) in [6.07, 6.45) is 1.40. The largest absolute Gasteiger partial charge is 0.462 e. The number of nitrogens with zero attached hydrogens (tertiary/aromatic N) is 2. The lowest BCUT2D eigenvalue weighted by atomic mass is 10.2. The van der Waals surface area contributed by atoms with E-state index in [1.54, 1.807) is 37.1 Å². The maximum atomic E-state index is 12.9. The summed E-state index contributed by atoms with van der Waals surface area (Å²) in [5.41, 5.74) is 7.00. The van der Waals surface area contributed by atoms with E-state index in [0.29, 0.717) is 5.82 Å². The van der Waals surface area contributed by atoms with Crippen LogP contribution in [-0.4, -0.2) is 24.6 Å². The summed E-state index contributed by atoms with van der Waals surface area (Å²) in [4.78, 5) is 17.7. The van der Waals surface area contributed by atoms with Crippen LogP contribution >= 0.6 is 0 Å². The molecule has 6 heteroatoms. The molecule has 5 nitrogen and oxygen atoms in total. The molecular weight excluding hydrogens is 273 g/mol. The lowest BCUT2D eigenvalue weighted by Gasteiger charge is -2.19. The second kappa shape index (κ2) is 6.21. The Morgan fingerprint density at radius 1 is 1.38 bits per heavy atom. The van der Waals surface area contributed by atoms with Gasteiger partial charge in [0.15, 0.2) is 0 Å². The van der Waals surface area contributed by atoms with Gasteiger partial charge in [-0.05, 0) is 37.3 Å². The second-order valence-corrected chi connectivity index (χ2v) is 4.39. The van der Waals surface area contributed by atoms with Crippen molar-refractivity contribution in [2.45, 2.75) is 6.92 Å². The maximum Gasteiger partial charge on any atom is 0.340 e. The van der Waals surface area contributed by atoms with E-state index in [-0.39, 0.29) is 23.7 Å². The Balaban J connectivity index is 2.33. The van der Waals surface area contributed by atoms with Gasteiger partial charge in [0.25, 0.3) is 0 Å². The molecule has 0 aliphatic carbocycles. The monoisotopic (exact) mass is 289 g/mol. The molecule has 2 aromatic rings. The van der Waals surface area contributed by atoms with Crippen molar-refractivity contribution in [2.75, 3.05) is 24.3 Å². The van der Waals surface area contributed by atoms with Crippen molar-refractivity contribution in [1.29, 1.82) is 0 Å². The minimum atomic E-state index is -0.494. The smallest absolute Gasteiger partial charge is 0.340 e. The molecule has 1 heterocycles. The topological polar surface area (TPSA) is 68.5 Å². The van der Waals surface area contributed by atoms with Gasteiger partial charge in [0, 0.05) is 12.7 Å². The van der Waals surface area contributed by atoms with Gasteiger partial charge in [-0.25, -0.2) is 14.2 Å². The molecule has 110 valence electrons. The van der Waals surface area contributed by atoms with Crippen LogP contribution in [0.5, 0.6) is 0 Å². The van der Waals surface area contributed by atoms with Gasteiger partial charge in [0.05, 0.1) is 24.1 Å².